The first-order chi connectivity index (χ1) is 16.6. The van der Waals surface area contributed by atoms with Crippen LogP contribution in [0.2, 0.25) is 5.02 Å². The Bertz CT molecular complexity index is 1200. The Morgan fingerprint density at radius 2 is 1.66 bits per heavy atom. The van der Waals surface area contributed by atoms with E-state index in [0.29, 0.717) is 16.4 Å². The molecule has 0 spiro atoms. The van der Waals surface area contributed by atoms with E-state index in [9.17, 15) is 22.8 Å². The van der Waals surface area contributed by atoms with Gasteiger partial charge in [0.15, 0.2) is 0 Å². The summed E-state index contributed by atoms with van der Waals surface area (Å²) in [6.45, 7) is 1.65. The fraction of sp³-hybridized carbons (Fsp3) is 0.292. The highest BCUT2D eigenvalue weighted by Crippen LogP contribution is 2.39. The second-order valence-corrected chi connectivity index (χ2v) is 8.15. The lowest BCUT2D eigenvalue weighted by Crippen LogP contribution is -2.16. The summed E-state index contributed by atoms with van der Waals surface area (Å²) in [5.74, 6) is -2.15. The average Bonchev–Trinajstić information content (AvgIpc) is 3.15. The molecule has 1 aliphatic heterocycles. The number of nitrogens with zero attached hydrogens (tertiary/aromatic N) is 2. The van der Waals surface area contributed by atoms with Gasteiger partial charge in [-0.3, -0.25) is 9.59 Å². The summed E-state index contributed by atoms with van der Waals surface area (Å²) in [6, 6.07) is 10.9. The van der Waals surface area contributed by atoms with Crippen LogP contribution < -0.4 is 5.32 Å². The van der Waals surface area contributed by atoms with Crippen molar-refractivity contribution in [1.29, 1.82) is 0 Å². The van der Waals surface area contributed by atoms with Crippen LogP contribution in [0.15, 0.2) is 48.7 Å². The Kier molecular flexibility index (Phi) is 8.52. The quantitative estimate of drug-likeness (QED) is 0.455. The lowest BCUT2D eigenvalue weighted by molar-refractivity contribution is -0.143. The molecule has 0 fully saturated rings. The molecule has 0 amide bonds. The minimum atomic E-state index is -4.45. The standard InChI is InChI=1S/C20H17ClF3N3.C4H6O4/c21-17-6-5-13-7-10-25-11-8-14(13)19(17)27-18(9-12-26-27)15-3-1-2-4-16(15)20(22,23)24;5-3(6)1-2-4(7)8/h1-6,9,12,25H,7-8,10-11H2;1-2H2,(H,5,6)(H,7,8). The van der Waals surface area contributed by atoms with E-state index in [1.165, 1.54) is 23.0 Å². The number of halogens is 4. The number of benzene rings is 2. The topological polar surface area (TPSA) is 104 Å². The smallest absolute Gasteiger partial charge is 0.417 e. The van der Waals surface area contributed by atoms with Crippen molar-refractivity contribution in [3.63, 3.8) is 0 Å². The number of carboxylic acid groups (broad SMARTS) is 2. The number of carboxylic acids is 2. The summed E-state index contributed by atoms with van der Waals surface area (Å²) in [6.07, 6.45) is -1.95. The van der Waals surface area contributed by atoms with Gasteiger partial charge in [-0.25, -0.2) is 4.68 Å². The minimum absolute atomic E-state index is 0.0860. The van der Waals surface area contributed by atoms with E-state index >= 15 is 0 Å². The number of aromatic nitrogens is 2. The first-order valence-electron chi connectivity index (χ1n) is 10.7. The van der Waals surface area contributed by atoms with Crippen LogP contribution >= 0.6 is 11.6 Å². The Morgan fingerprint density at radius 1 is 1.00 bits per heavy atom. The molecule has 1 aliphatic rings. The lowest BCUT2D eigenvalue weighted by Gasteiger charge is -2.18. The summed E-state index contributed by atoms with van der Waals surface area (Å²) in [7, 11) is 0. The summed E-state index contributed by atoms with van der Waals surface area (Å²) >= 11 is 6.49. The third kappa shape index (κ3) is 6.61. The molecule has 0 radical (unpaired) electrons. The predicted octanol–water partition coefficient (Wildman–Crippen LogP) is 4.84. The SMILES string of the molecule is FC(F)(F)c1ccccc1-c1ccnn1-c1c(Cl)ccc2c1CCNCC2.O=C(O)CCC(=O)O. The van der Waals surface area contributed by atoms with E-state index in [0.717, 1.165) is 43.1 Å². The zero-order valence-electron chi connectivity index (χ0n) is 18.5. The molecule has 1 aromatic heterocycles. The van der Waals surface area contributed by atoms with Crippen LogP contribution in [0.1, 0.15) is 29.5 Å². The normalized spacial score (nSPS) is 13.3. The van der Waals surface area contributed by atoms with E-state index in [2.05, 4.69) is 10.4 Å². The summed E-state index contributed by atoms with van der Waals surface area (Å²) in [5, 5.41) is 23.9. The van der Waals surface area contributed by atoms with Gasteiger partial charge in [-0.05, 0) is 55.3 Å². The van der Waals surface area contributed by atoms with Gasteiger partial charge in [-0.2, -0.15) is 18.3 Å². The fourth-order valence-corrected chi connectivity index (χ4v) is 4.06. The number of fused-ring (bicyclic) bond motifs is 1. The molecule has 186 valence electrons. The number of alkyl halides is 3. The van der Waals surface area contributed by atoms with E-state index in [1.807, 2.05) is 6.07 Å². The largest absolute Gasteiger partial charge is 0.481 e. The molecule has 0 atom stereocenters. The second kappa shape index (κ2) is 11.4. The Hall–Kier alpha value is -3.37. The monoisotopic (exact) mass is 509 g/mol. The van der Waals surface area contributed by atoms with Gasteiger partial charge in [-0.15, -0.1) is 0 Å². The molecule has 0 unspecified atom stereocenters. The van der Waals surface area contributed by atoms with Gasteiger partial charge >= 0.3 is 18.1 Å². The summed E-state index contributed by atoms with van der Waals surface area (Å²) in [5.41, 5.74) is 2.60. The molecule has 7 nitrogen and oxygen atoms in total. The molecule has 35 heavy (non-hydrogen) atoms. The molecular weight excluding hydrogens is 487 g/mol. The fourth-order valence-electron chi connectivity index (χ4n) is 3.81. The number of aliphatic carboxylic acids is 2. The number of carbonyl (C=O) groups is 2. The van der Waals surface area contributed by atoms with Gasteiger partial charge in [0.2, 0.25) is 0 Å². The third-order valence-corrected chi connectivity index (χ3v) is 5.67. The molecule has 11 heteroatoms. The maximum absolute atomic E-state index is 13.5. The molecule has 0 saturated carbocycles. The van der Waals surface area contributed by atoms with Crippen molar-refractivity contribution in [2.75, 3.05) is 13.1 Å². The van der Waals surface area contributed by atoms with Gasteiger partial charge in [0, 0.05) is 5.56 Å². The molecule has 0 saturated heterocycles. The highest BCUT2D eigenvalue weighted by molar-refractivity contribution is 6.32. The van der Waals surface area contributed by atoms with Gasteiger partial charge in [-0.1, -0.05) is 35.9 Å². The average molecular weight is 510 g/mol. The Balaban J connectivity index is 0.000000371. The van der Waals surface area contributed by atoms with Crippen molar-refractivity contribution in [2.24, 2.45) is 0 Å². The number of rotatable bonds is 5. The minimum Gasteiger partial charge on any atom is -0.481 e. The third-order valence-electron chi connectivity index (χ3n) is 5.37. The first-order valence-corrected chi connectivity index (χ1v) is 11.1. The molecule has 3 N–H and O–H groups in total. The molecule has 2 aromatic carbocycles. The van der Waals surface area contributed by atoms with Crippen LogP contribution in [0.3, 0.4) is 0 Å². The van der Waals surface area contributed by atoms with Crippen LogP contribution in [0.4, 0.5) is 13.2 Å². The summed E-state index contributed by atoms with van der Waals surface area (Å²) < 4.78 is 42.1. The first kappa shape index (κ1) is 26.2. The molecular formula is C24H23ClF3N3O4. The number of nitrogens with one attached hydrogen (secondary N) is 1. The Labute approximate surface area is 204 Å². The number of hydrogen-bond acceptors (Lipinski definition) is 4. The van der Waals surface area contributed by atoms with Crippen LogP contribution in [-0.4, -0.2) is 45.0 Å². The van der Waals surface area contributed by atoms with Gasteiger partial charge in [0.05, 0.1) is 41.0 Å². The lowest BCUT2D eigenvalue weighted by atomic mass is 9.99. The van der Waals surface area contributed by atoms with E-state index < -0.39 is 23.7 Å². The highest BCUT2D eigenvalue weighted by Gasteiger charge is 2.34. The van der Waals surface area contributed by atoms with Crippen molar-refractivity contribution in [2.45, 2.75) is 31.9 Å². The van der Waals surface area contributed by atoms with Crippen molar-refractivity contribution in [1.82, 2.24) is 15.1 Å². The van der Waals surface area contributed by atoms with E-state index in [1.54, 1.807) is 18.2 Å². The van der Waals surface area contributed by atoms with Crippen molar-refractivity contribution in [3.8, 4) is 16.9 Å². The summed E-state index contributed by atoms with van der Waals surface area (Å²) in [4.78, 5) is 19.3. The van der Waals surface area contributed by atoms with Gasteiger partial charge in [0.1, 0.15) is 0 Å². The zero-order valence-corrected chi connectivity index (χ0v) is 19.2. The second-order valence-electron chi connectivity index (χ2n) is 7.74. The van der Waals surface area contributed by atoms with E-state index in [4.69, 9.17) is 21.8 Å². The van der Waals surface area contributed by atoms with Crippen LogP contribution in [0.25, 0.3) is 16.9 Å². The zero-order chi connectivity index (χ0) is 25.6. The maximum Gasteiger partial charge on any atom is 0.417 e. The molecule has 0 aliphatic carbocycles. The van der Waals surface area contributed by atoms with Crippen LogP contribution in [0.5, 0.6) is 0 Å². The van der Waals surface area contributed by atoms with Crippen molar-refractivity contribution < 1.29 is 33.0 Å². The Morgan fingerprint density at radius 3 is 2.31 bits per heavy atom. The van der Waals surface area contributed by atoms with Crippen molar-refractivity contribution >= 4 is 23.5 Å². The number of hydrogen-bond donors (Lipinski definition) is 3. The highest BCUT2D eigenvalue weighted by atomic mass is 35.5. The van der Waals surface area contributed by atoms with Gasteiger partial charge < -0.3 is 15.5 Å². The van der Waals surface area contributed by atoms with Crippen LogP contribution in [0, 0.1) is 0 Å². The molecule has 2 heterocycles. The van der Waals surface area contributed by atoms with Crippen LogP contribution in [-0.2, 0) is 28.6 Å². The van der Waals surface area contributed by atoms with Crippen molar-refractivity contribution in [3.05, 3.63) is 70.4 Å². The maximum atomic E-state index is 13.5. The van der Waals surface area contributed by atoms with Gasteiger partial charge in [0.25, 0.3) is 0 Å². The molecule has 3 aromatic rings. The van der Waals surface area contributed by atoms with E-state index in [-0.39, 0.29) is 18.4 Å². The molecule has 4 rings (SSSR count). The molecule has 0 bridgehead atoms. The predicted molar refractivity (Wildman–Crippen MR) is 124 cm³/mol.